The second-order valence-corrected chi connectivity index (χ2v) is 6.99. The van der Waals surface area contributed by atoms with E-state index < -0.39 is 35.8 Å². The molecule has 2 unspecified atom stereocenters. The zero-order valence-corrected chi connectivity index (χ0v) is 16.7. The topological polar surface area (TPSA) is 208 Å². The lowest BCUT2D eigenvalue weighted by molar-refractivity contribution is -0.140. The molecular formula is C19H21N7O6. The number of nitrogens with one attached hydrogen (secondary N) is 3. The van der Waals surface area contributed by atoms with E-state index in [0.717, 1.165) is 0 Å². The summed E-state index contributed by atoms with van der Waals surface area (Å²) in [6, 6.07) is 4.11. The fourth-order valence-corrected chi connectivity index (χ4v) is 2.97. The summed E-state index contributed by atoms with van der Waals surface area (Å²) in [7, 11) is 0. The smallest absolute Gasteiger partial charge is 0.326 e. The first-order valence-corrected chi connectivity index (χ1v) is 9.57. The number of carbonyl (C=O) groups excluding carboxylic acids is 2. The molecule has 2 amide bonds. The Kier molecular flexibility index (Phi) is 6.77. The van der Waals surface area contributed by atoms with Gasteiger partial charge in [0.2, 0.25) is 5.96 Å². The van der Waals surface area contributed by atoms with Crippen molar-refractivity contribution >= 4 is 46.9 Å². The summed E-state index contributed by atoms with van der Waals surface area (Å²) in [6.07, 6.45) is -0.600. The van der Waals surface area contributed by atoms with Gasteiger partial charge in [0.1, 0.15) is 6.04 Å². The number of benzene rings is 1. The highest BCUT2D eigenvalue weighted by Gasteiger charge is 2.31. The monoisotopic (exact) mass is 443 g/mol. The fourth-order valence-electron chi connectivity index (χ4n) is 2.97. The van der Waals surface area contributed by atoms with Crippen molar-refractivity contribution in [2.24, 2.45) is 20.7 Å². The summed E-state index contributed by atoms with van der Waals surface area (Å²) >= 11 is 0. The van der Waals surface area contributed by atoms with Crippen LogP contribution in [-0.2, 0) is 14.4 Å². The van der Waals surface area contributed by atoms with Gasteiger partial charge >= 0.3 is 11.9 Å². The van der Waals surface area contributed by atoms with E-state index in [9.17, 15) is 19.2 Å². The van der Waals surface area contributed by atoms with Gasteiger partial charge in [-0.2, -0.15) is 4.99 Å². The number of carboxylic acids is 2. The molecule has 0 aromatic heterocycles. The number of hydrogen-bond acceptors (Lipinski definition) is 9. The Balaban J connectivity index is 1.55. The van der Waals surface area contributed by atoms with E-state index in [1.807, 2.05) is 0 Å². The van der Waals surface area contributed by atoms with Gasteiger partial charge in [0, 0.05) is 17.7 Å². The maximum atomic E-state index is 12.3. The Bertz CT molecular complexity index is 1030. The zero-order chi connectivity index (χ0) is 23.3. The number of aliphatic imine (C=N–C) groups is 3. The lowest BCUT2D eigenvalue weighted by Crippen LogP contribution is -2.51. The largest absolute Gasteiger partial charge is 0.481 e. The number of amides is 2. The number of fused-ring (bicyclic) bond motifs is 1. The fraction of sp³-hybridized carbons (Fsp3) is 0.316. The number of carbonyl (C=O) groups is 4. The molecule has 0 radical (unpaired) electrons. The molecule has 1 aromatic rings. The molecule has 168 valence electrons. The lowest BCUT2D eigenvalue weighted by Gasteiger charge is -2.22. The summed E-state index contributed by atoms with van der Waals surface area (Å²) in [4.78, 5) is 58.6. The number of carboxylic acid groups (broad SMARTS) is 2. The van der Waals surface area contributed by atoms with Gasteiger partial charge in [0.25, 0.3) is 11.8 Å². The molecule has 0 bridgehead atoms. The van der Waals surface area contributed by atoms with E-state index in [4.69, 9.17) is 15.9 Å². The first-order valence-electron chi connectivity index (χ1n) is 9.57. The quantitative estimate of drug-likeness (QED) is 0.273. The third-order valence-electron chi connectivity index (χ3n) is 4.61. The Hall–Kier alpha value is -4.29. The van der Waals surface area contributed by atoms with Crippen LogP contribution in [0.4, 0.5) is 5.69 Å². The number of nitrogens with two attached hydrogens (primary N) is 1. The van der Waals surface area contributed by atoms with E-state index >= 15 is 0 Å². The molecule has 2 heterocycles. The van der Waals surface area contributed by atoms with Gasteiger partial charge in [-0.25, -0.2) is 4.79 Å². The predicted molar refractivity (Wildman–Crippen MR) is 114 cm³/mol. The number of hydrogen-bond donors (Lipinski definition) is 6. The van der Waals surface area contributed by atoms with Crippen molar-refractivity contribution in [3.05, 3.63) is 29.8 Å². The maximum Gasteiger partial charge on any atom is 0.326 e. The molecule has 0 saturated carbocycles. The minimum atomic E-state index is -1.31. The molecule has 1 aromatic carbocycles. The highest BCUT2D eigenvalue weighted by molar-refractivity contribution is 6.21. The highest BCUT2D eigenvalue weighted by atomic mass is 16.4. The van der Waals surface area contributed by atoms with Crippen molar-refractivity contribution in [2.45, 2.75) is 24.9 Å². The summed E-state index contributed by atoms with van der Waals surface area (Å²) in [6.45, 7) is 0.567. The first-order chi connectivity index (χ1) is 15.2. The van der Waals surface area contributed by atoms with Crippen molar-refractivity contribution in [1.82, 2.24) is 10.6 Å². The van der Waals surface area contributed by atoms with Gasteiger partial charge in [-0.1, -0.05) is 0 Å². The van der Waals surface area contributed by atoms with E-state index in [1.165, 1.54) is 12.1 Å². The Labute approximate surface area is 181 Å². The standard InChI is InChI=1S/C19H21N7O6/c20-19-25-15-14(17(30)26-19)23-11(8-22-15)7-21-10-3-1-9(2-4-10)16(29)24-12(18(31)32)5-6-13(27)28/h1-4,12,14,21H,5-8H2,(H,24,29)(H,27,28)(H,31,32)(H3,20,22,25,26,30). The van der Waals surface area contributed by atoms with Crippen molar-refractivity contribution < 1.29 is 29.4 Å². The van der Waals surface area contributed by atoms with E-state index in [1.54, 1.807) is 12.1 Å². The molecule has 7 N–H and O–H groups in total. The van der Waals surface area contributed by atoms with E-state index in [2.05, 4.69) is 30.9 Å². The molecule has 2 aliphatic rings. The van der Waals surface area contributed by atoms with Crippen LogP contribution in [0.1, 0.15) is 23.2 Å². The number of rotatable bonds is 9. The molecule has 0 aliphatic carbocycles. The third-order valence-corrected chi connectivity index (χ3v) is 4.61. The normalized spacial score (nSPS) is 18.2. The van der Waals surface area contributed by atoms with Crippen LogP contribution < -0.4 is 21.7 Å². The second kappa shape index (κ2) is 9.68. The number of amidine groups is 1. The molecule has 13 nitrogen and oxygen atoms in total. The minimum Gasteiger partial charge on any atom is -0.481 e. The molecule has 13 heteroatoms. The van der Waals surface area contributed by atoms with Crippen LogP contribution in [0.5, 0.6) is 0 Å². The second-order valence-electron chi connectivity index (χ2n) is 6.99. The van der Waals surface area contributed by atoms with Gasteiger partial charge in [0.15, 0.2) is 11.9 Å². The van der Waals surface area contributed by atoms with Gasteiger partial charge in [-0.15, -0.1) is 0 Å². The van der Waals surface area contributed by atoms with E-state index in [0.29, 0.717) is 17.9 Å². The summed E-state index contributed by atoms with van der Waals surface area (Å²) in [5, 5.41) is 25.7. The lowest BCUT2D eigenvalue weighted by atomic mass is 10.1. The molecule has 2 aliphatic heterocycles. The summed E-state index contributed by atoms with van der Waals surface area (Å²) in [5.74, 6) is -3.22. The van der Waals surface area contributed by atoms with Crippen LogP contribution in [0.3, 0.4) is 0 Å². The average Bonchev–Trinajstić information content (AvgIpc) is 2.75. The summed E-state index contributed by atoms with van der Waals surface area (Å²) < 4.78 is 0. The predicted octanol–water partition coefficient (Wildman–Crippen LogP) is -1.19. The SMILES string of the molecule is NC1=NC2=NCC(CNc3ccc(C(=O)NC(CCC(=O)O)C(=O)O)cc3)=NC2C(=O)N1. The molecule has 3 rings (SSSR count). The van der Waals surface area contributed by atoms with Crippen molar-refractivity contribution in [2.75, 3.05) is 18.4 Å². The molecule has 0 spiro atoms. The van der Waals surface area contributed by atoms with Gasteiger partial charge in [-0.05, 0) is 30.7 Å². The van der Waals surface area contributed by atoms with Crippen molar-refractivity contribution in [1.29, 1.82) is 0 Å². The van der Waals surface area contributed by atoms with Crippen LogP contribution in [0.2, 0.25) is 0 Å². The van der Waals surface area contributed by atoms with E-state index in [-0.39, 0.29) is 36.7 Å². The molecule has 0 saturated heterocycles. The van der Waals surface area contributed by atoms with Crippen LogP contribution in [0.25, 0.3) is 0 Å². The van der Waals surface area contributed by atoms with Crippen molar-refractivity contribution in [3.63, 3.8) is 0 Å². The zero-order valence-electron chi connectivity index (χ0n) is 16.7. The maximum absolute atomic E-state index is 12.3. The van der Waals surface area contributed by atoms with Crippen LogP contribution in [-0.4, -0.2) is 76.6 Å². The number of guanidine groups is 1. The van der Waals surface area contributed by atoms with Crippen LogP contribution in [0.15, 0.2) is 39.2 Å². The average molecular weight is 443 g/mol. The first kappa shape index (κ1) is 22.4. The van der Waals surface area contributed by atoms with Gasteiger partial charge in [0.05, 0.1) is 18.8 Å². The van der Waals surface area contributed by atoms with Crippen molar-refractivity contribution in [3.8, 4) is 0 Å². The summed E-state index contributed by atoms with van der Waals surface area (Å²) in [5.41, 5.74) is 7.01. The third kappa shape index (κ3) is 5.65. The van der Waals surface area contributed by atoms with Crippen LogP contribution >= 0.6 is 0 Å². The van der Waals surface area contributed by atoms with Gasteiger partial charge in [-0.3, -0.25) is 29.7 Å². The Morgan fingerprint density at radius 3 is 2.59 bits per heavy atom. The molecule has 2 atom stereocenters. The van der Waals surface area contributed by atoms with Gasteiger partial charge < -0.3 is 26.6 Å². The van der Waals surface area contributed by atoms with Crippen LogP contribution in [0, 0.1) is 0 Å². The number of aliphatic carboxylic acids is 2. The highest BCUT2D eigenvalue weighted by Crippen LogP contribution is 2.12. The number of anilines is 1. The molecular weight excluding hydrogens is 422 g/mol. The molecule has 32 heavy (non-hydrogen) atoms. The Morgan fingerprint density at radius 2 is 1.94 bits per heavy atom. The Morgan fingerprint density at radius 1 is 1.22 bits per heavy atom. The number of nitrogens with zero attached hydrogens (tertiary/aromatic N) is 3. The molecule has 0 fully saturated rings. The minimum absolute atomic E-state index is 0.0116.